The number of nitrogens with one attached hydrogen (secondary N) is 2. The summed E-state index contributed by atoms with van der Waals surface area (Å²) in [6.45, 7) is 11.2. The fraction of sp³-hybridized carbons (Fsp3) is 0.714. The summed E-state index contributed by atoms with van der Waals surface area (Å²) in [7, 11) is 0. The van der Waals surface area contributed by atoms with Crippen molar-refractivity contribution in [2.24, 2.45) is 11.8 Å². The Kier molecular flexibility index (Phi) is 11.0. The van der Waals surface area contributed by atoms with Crippen molar-refractivity contribution >= 4 is 27.7 Å². The number of amides is 2. The number of rotatable bonds is 10. The van der Waals surface area contributed by atoms with Gasteiger partial charge in [0.15, 0.2) is 0 Å². The fourth-order valence-corrected chi connectivity index (χ4v) is 5.12. The molecule has 37 heavy (non-hydrogen) atoms. The fourth-order valence-electron chi connectivity index (χ4n) is 4.92. The van der Waals surface area contributed by atoms with Crippen LogP contribution in [0.1, 0.15) is 53.9 Å². The number of aliphatic hydroxyl groups excluding tert-OH is 1. The van der Waals surface area contributed by atoms with Crippen molar-refractivity contribution in [3.05, 3.63) is 36.0 Å². The van der Waals surface area contributed by atoms with Gasteiger partial charge in [-0.25, -0.2) is 0 Å². The maximum absolute atomic E-state index is 12.2. The van der Waals surface area contributed by atoms with E-state index in [2.05, 4.69) is 39.6 Å². The number of ether oxygens (including phenoxy) is 3. The summed E-state index contributed by atoms with van der Waals surface area (Å²) in [6, 6.07) is -0.00492. The molecule has 0 unspecified atom stereocenters. The van der Waals surface area contributed by atoms with Gasteiger partial charge in [-0.3, -0.25) is 9.59 Å². The molecule has 208 valence electrons. The number of alkyl halides is 1. The lowest BCUT2D eigenvalue weighted by Gasteiger charge is -2.39. The van der Waals surface area contributed by atoms with Crippen molar-refractivity contribution in [3.8, 4) is 0 Å². The topological polar surface area (TPSA) is 109 Å². The smallest absolute Gasteiger partial charge is 0.243 e. The zero-order chi connectivity index (χ0) is 27.2. The molecule has 0 aromatic carbocycles. The molecule has 3 N–H and O–H groups in total. The van der Waals surface area contributed by atoms with E-state index in [0.717, 1.165) is 18.4 Å². The lowest BCUT2D eigenvalue weighted by atomic mass is 9.87. The quantitative estimate of drug-likeness (QED) is 0.158. The minimum Gasteiger partial charge on any atom is -0.387 e. The molecule has 3 aliphatic rings. The van der Waals surface area contributed by atoms with Gasteiger partial charge >= 0.3 is 0 Å². The van der Waals surface area contributed by atoms with E-state index >= 15 is 0 Å². The molecular weight excluding hydrogens is 540 g/mol. The van der Waals surface area contributed by atoms with Crippen molar-refractivity contribution in [3.63, 3.8) is 0 Å². The molecule has 3 saturated heterocycles. The average molecular weight is 584 g/mol. The van der Waals surface area contributed by atoms with Crippen LogP contribution in [0.3, 0.4) is 0 Å². The Bertz CT molecular complexity index is 884. The highest BCUT2D eigenvalue weighted by Crippen LogP contribution is 2.42. The molecule has 3 rings (SSSR count). The zero-order valence-electron chi connectivity index (χ0n) is 22.6. The highest BCUT2D eigenvalue weighted by atomic mass is 79.9. The van der Waals surface area contributed by atoms with E-state index in [-0.39, 0.29) is 41.5 Å². The molecule has 9 heteroatoms. The van der Waals surface area contributed by atoms with Crippen LogP contribution in [-0.2, 0) is 23.8 Å². The third-order valence-corrected chi connectivity index (χ3v) is 7.84. The second-order valence-electron chi connectivity index (χ2n) is 11.0. The molecule has 0 bridgehead atoms. The summed E-state index contributed by atoms with van der Waals surface area (Å²) in [6.07, 6.45) is 10.2. The van der Waals surface area contributed by atoms with Crippen LogP contribution in [0, 0.1) is 11.8 Å². The van der Waals surface area contributed by atoms with Crippen molar-refractivity contribution in [1.29, 1.82) is 0 Å². The molecule has 0 aromatic rings. The van der Waals surface area contributed by atoms with Gasteiger partial charge in [0.2, 0.25) is 11.8 Å². The molecule has 8 nitrogen and oxygen atoms in total. The van der Waals surface area contributed by atoms with Crippen LogP contribution in [0.5, 0.6) is 0 Å². The van der Waals surface area contributed by atoms with E-state index in [4.69, 9.17) is 14.2 Å². The number of carbonyl (C=O) groups excluding carboxylic acids is 2. The number of halogens is 1. The first-order chi connectivity index (χ1) is 17.5. The zero-order valence-corrected chi connectivity index (χ0v) is 24.2. The van der Waals surface area contributed by atoms with Crippen molar-refractivity contribution in [2.75, 3.05) is 18.5 Å². The molecule has 3 aliphatic heterocycles. The second-order valence-corrected chi connectivity index (χ2v) is 11.6. The largest absolute Gasteiger partial charge is 0.387 e. The molecule has 2 amide bonds. The van der Waals surface area contributed by atoms with Crippen LogP contribution in [0.2, 0.25) is 0 Å². The van der Waals surface area contributed by atoms with E-state index in [1.807, 2.05) is 45.9 Å². The van der Waals surface area contributed by atoms with Gasteiger partial charge in [0.1, 0.15) is 17.8 Å². The second kappa shape index (κ2) is 13.5. The normalized spacial score (nSPS) is 36.4. The Morgan fingerprint density at radius 2 is 1.95 bits per heavy atom. The minimum absolute atomic E-state index is 0.00492. The van der Waals surface area contributed by atoms with Gasteiger partial charge in [0, 0.05) is 13.0 Å². The molecular formula is C28H43BrN2O6. The summed E-state index contributed by atoms with van der Waals surface area (Å²) in [5.74, 6) is 0.465. The number of aliphatic hydroxyl groups is 1. The first kappa shape index (κ1) is 30.0. The van der Waals surface area contributed by atoms with Crippen LogP contribution in [0.4, 0.5) is 0 Å². The van der Waals surface area contributed by atoms with Crippen LogP contribution in [-0.4, -0.2) is 77.6 Å². The van der Waals surface area contributed by atoms with Gasteiger partial charge in [0.25, 0.3) is 0 Å². The Morgan fingerprint density at radius 1 is 1.22 bits per heavy atom. The Morgan fingerprint density at radius 3 is 2.59 bits per heavy atom. The van der Waals surface area contributed by atoms with Crippen molar-refractivity contribution in [2.45, 2.75) is 96.0 Å². The molecule has 8 atom stereocenters. The van der Waals surface area contributed by atoms with E-state index in [0.29, 0.717) is 31.4 Å². The minimum atomic E-state index is -0.746. The monoisotopic (exact) mass is 582 g/mol. The predicted octanol–water partition coefficient (Wildman–Crippen LogP) is 3.19. The van der Waals surface area contributed by atoms with Crippen LogP contribution in [0.15, 0.2) is 36.0 Å². The van der Waals surface area contributed by atoms with Crippen LogP contribution < -0.4 is 10.6 Å². The third-order valence-electron chi connectivity index (χ3n) is 7.33. The number of allylic oxidation sites excluding steroid dienone is 3. The molecule has 1 spiro atoms. The summed E-state index contributed by atoms with van der Waals surface area (Å²) in [4.78, 5) is 23.8. The van der Waals surface area contributed by atoms with Crippen LogP contribution in [0.25, 0.3) is 0 Å². The first-order valence-corrected chi connectivity index (χ1v) is 14.4. The molecule has 0 aliphatic carbocycles. The molecule has 0 saturated carbocycles. The number of epoxide rings is 1. The highest BCUT2D eigenvalue weighted by Gasteiger charge is 2.58. The van der Waals surface area contributed by atoms with Gasteiger partial charge in [-0.05, 0) is 44.6 Å². The van der Waals surface area contributed by atoms with Gasteiger partial charge in [-0.15, -0.1) is 0 Å². The predicted molar refractivity (Wildman–Crippen MR) is 146 cm³/mol. The molecule has 0 aromatic heterocycles. The average Bonchev–Trinajstić information content (AvgIpc) is 3.63. The van der Waals surface area contributed by atoms with Gasteiger partial charge in [-0.2, -0.15) is 0 Å². The maximum atomic E-state index is 12.2. The molecule has 3 fully saturated rings. The highest BCUT2D eigenvalue weighted by molar-refractivity contribution is 9.09. The van der Waals surface area contributed by atoms with E-state index in [1.165, 1.54) is 0 Å². The Hall–Kier alpha value is -1.52. The summed E-state index contributed by atoms with van der Waals surface area (Å²) >= 11 is 3.15. The first-order valence-electron chi connectivity index (χ1n) is 13.3. The SMILES string of the molecule is CC(/C=C/[C@H]1O[C@H](CNC(=O)CBr)C[C@@]2(CO2)[C@@H]1O)=C\C[C@@H]1O[C@H](C)[C@H](NC(=O)/C=C\C(C)C)C[C@@H]1C. The third kappa shape index (κ3) is 8.75. The molecule has 3 heterocycles. The number of carbonyl (C=O) groups is 2. The van der Waals surface area contributed by atoms with E-state index in [9.17, 15) is 14.7 Å². The lowest BCUT2D eigenvalue weighted by Crippen LogP contribution is -2.52. The van der Waals surface area contributed by atoms with Gasteiger partial charge < -0.3 is 30.0 Å². The Labute approximate surface area is 229 Å². The van der Waals surface area contributed by atoms with Gasteiger partial charge in [-0.1, -0.05) is 66.6 Å². The standard InChI is InChI=1S/C28H43BrN2O6/c1-17(2)6-11-25(32)31-22-12-19(4)23(36-20(22)5)9-7-18(3)8-10-24-27(34)28(16-35-28)13-21(37-24)15-30-26(33)14-29/h6-8,10-11,17,19-24,27,34H,9,12-16H2,1-5H3,(H,30,33)(H,31,32)/b10-8+,11-6-,18-7+/t19-,20+,21-,22+,23-,24+,27+,28+/m0/s1. The number of hydrogen-bond donors (Lipinski definition) is 3. The maximum Gasteiger partial charge on any atom is 0.243 e. The summed E-state index contributed by atoms with van der Waals surface area (Å²) < 4.78 is 18.0. The van der Waals surface area contributed by atoms with Gasteiger partial charge in [0.05, 0.1) is 36.3 Å². The van der Waals surface area contributed by atoms with Crippen molar-refractivity contribution < 1.29 is 28.9 Å². The summed E-state index contributed by atoms with van der Waals surface area (Å²) in [5.41, 5.74) is 0.473. The molecule has 0 radical (unpaired) electrons. The van der Waals surface area contributed by atoms with E-state index in [1.54, 1.807) is 6.08 Å². The van der Waals surface area contributed by atoms with Crippen molar-refractivity contribution in [1.82, 2.24) is 10.6 Å². The lowest BCUT2D eigenvalue weighted by molar-refractivity contribution is -0.135. The van der Waals surface area contributed by atoms with Crippen LogP contribution >= 0.6 is 15.9 Å². The Balaban J connectivity index is 1.51. The summed E-state index contributed by atoms with van der Waals surface area (Å²) in [5, 5.41) is 16.9. The number of hydrogen-bond acceptors (Lipinski definition) is 6. The van der Waals surface area contributed by atoms with E-state index < -0.39 is 17.8 Å².